The lowest BCUT2D eigenvalue weighted by molar-refractivity contribution is -0.0294. The number of ether oxygens (including phenoxy) is 12. The Kier molecular flexibility index (Phi) is 34.1. The van der Waals surface area contributed by atoms with Gasteiger partial charge < -0.3 is 72.2 Å². The third-order valence-corrected chi connectivity index (χ3v) is 16.6. The molecule has 0 amide bonds. The average Bonchev–Trinajstić information content (AvgIpc) is 1.15. The van der Waals surface area contributed by atoms with Crippen molar-refractivity contribution in [2.75, 3.05) is 88.9 Å². The first-order chi connectivity index (χ1) is 41.5. The standard InChI is InChI=1S/C71H112O15/c1-16-22-25-50(19-4)38-81-44-61(72)47-86-69-55(43-79-14)36-60(37-66(69)80-15)71(9,59-34-53(41-77-12)68(54(35-59)42-78-13)85-49-63(74)46-83-65(21-6)27-24-18-3)57-30-28-56(29-31-57)70(7,8)58-32-51(39-75-10)67(52(33-58)40-76-11)84-48-62(73)45-82-64(20-5)26-23-17-2/h28-37,50,61-65,72-74H,16-27,38-49H2,1-15H3. The zero-order chi connectivity index (χ0) is 63.1. The quantitative estimate of drug-likeness (QED) is 0.0357. The molecule has 0 spiro atoms. The van der Waals surface area contributed by atoms with E-state index in [2.05, 4.69) is 117 Å². The second-order valence-electron chi connectivity index (χ2n) is 23.8. The summed E-state index contributed by atoms with van der Waals surface area (Å²) in [4.78, 5) is 0. The Hall–Kier alpha value is -4.36. The van der Waals surface area contributed by atoms with Gasteiger partial charge in [-0.25, -0.2) is 0 Å². The van der Waals surface area contributed by atoms with Crippen molar-refractivity contribution in [2.45, 2.75) is 214 Å². The molecule has 4 aromatic rings. The molecule has 0 aliphatic heterocycles. The van der Waals surface area contributed by atoms with Gasteiger partial charge in [-0.2, -0.15) is 0 Å². The zero-order valence-corrected chi connectivity index (χ0v) is 55.4. The molecule has 7 unspecified atom stereocenters. The highest BCUT2D eigenvalue weighted by Gasteiger charge is 2.36. The van der Waals surface area contributed by atoms with Gasteiger partial charge in [0.1, 0.15) is 49.6 Å². The maximum Gasteiger partial charge on any atom is 0.166 e. The second-order valence-corrected chi connectivity index (χ2v) is 23.8. The molecule has 4 rings (SSSR count). The average molecular weight is 1210 g/mol. The van der Waals surface area contributed by atoms with Crippen molar-refractivity contribution in [2.24, 2.45) is 5.92 Å². The summed E-state index contributed by atoms with van der Waals surface area (Å²) in [5.74, 6) is 2.60. The van der Waals surface area contributed by atoms with Crippen LogP contribution in [0.5, 0.6) is 23.0 Å². The van der Waals surface area contributed by atoms with Crippen molar-refractivity contribution < 1.29 is 72.2 Å². The van der Waals surface area contributed by atoms with Gasteiger partial charge in [-0.1, -0.05) is 125 Å². The summed E-state index contributed by atoms with van der Waals surface area (Å²) in [5, 5.41) is 33.5. The van der Waals surface area contributed by atoms with Gasteiger partial charge in [-0.3, -0.25) is 0 Å². The van der Waals surface area contributed by atoms with Gasteiger partial charge in [0, 0.05) is 80.8 Å². The van der Waals surface area contributed by atoms with Crippen LogP contribution in [0.15, 0.2) is 60.7 Å². The van der Waals surface area contributed by atoms with Crippen LogP contribution in [0.25, 0.3) is 0 Å². The maximum atomic E-state index is 11.2. The second kappa shape index (κ2) is 39.6. The number of aliphatic hydroxyl groups is 3. The summed E-state index contributed by atoms with van der Waals surface area (Å²) in [5.41, 5.74) is 7.40. The van der Waals surface area contributed by atoms with E-state index >= 15 is 0 Å². The van der Waals surface area contributed by atoms with E-state index in [0.29, 0.717) is 35.5 Å². The minimum atomic E-state index is -0.902. The predicted molar refractivity (Wildman–Crippen MR) is 341 cm³/mol. The molecule has 0 heterocycles. The van der Waals surface area contributed by atoms with Crippen molar-refractivity contribution in [1.29, 1.82) is 0 Å². The van der Waals surface area contributed by atoms with Crippen molar-refractivity contribution >= 4 is 0 Å². The van der Waals surface area contributed by atoms with Gasteiger partial charge >= 0.3 is 0 Å². The van der Waals surface area contributed by atoms with Crippen LogP contribution in [-0.2, 0) is 81.8 Å². The molecule has 0 bridgehead atoms. The van der Waals surface area contributed by atoms with Crippen LogP contribution in [-0.4, -0.2) is 135 Å². The highest BCUT2D eigenvalue weighted by atomic mass is 16.5. The molecular formula is C71H112O15. The summed E-state index contributed by atoms with van der Waals surface area (Å²) in [6, 6.07) is 21.3. The van der Waals surface area contributed by atoms with Crippen molar-refractivity contribution in [1.82, 2.24) is 0 Å². The molecular weight excluding hydrogens is 1090 g/mol. The molecule has 486 valence electrons. The molecule has 7 atom stereocenters. The summed E-state index contributed by atoms with van der Waals surface area (Å²) < 4.78 is 73.2. The molecule has 0 aromatic heterocycles. The third kappa shape index (κ3) is 22.0. The minimum Gasteiger partial charge on any atom is -0.493 e. The lowest BCUT2D eigenvalue weighted by atomic mass is 9.69. The number of hydrogen-bond acceptors (Lipinski definition) is 15. The number of hydrogen-bond donors (Lipinski definition) is 3. The Morgan fingerprint density at radius 1 is 0.395 bits per heavy atom. The van der Waals surface area contributed by atoms with E-state index in [9.17, 15) is 15.3 Å². The highest BCUT2D eigenvalue weighted by molar-refractivity contribution is 5.60. The molecule has 15 nitrogen and oxygen atoms in total. The number of aliphatic hydroxyl groups excluding tert-OH is 3. The Labute approximate surface area is 518 Å². The van der Waals surface area contributed by atoms with E-state index in [1.165, 1.54) is 0 Å². The fraction of sp³-hybridized carbons (Fsp3) is 0.662. The Balaban J connectivity index is 1.87. The van der Waals surface area contributed by atoms with E-state index in [1.54, 1.807) is 42.7 Å². The van der Waals surface area contributed by atoms with E-state index in [4.69, 9.17) is 56.8 Å². The fourth-order valence-electron chi connectivity index (χ4n) is 11.1. The van der Waals surface area contributed by atoms with Crippen molar-refractivity contribution in [3.8, 4) is 23.0 Å². The monoisotopic (exact) mass is 1200 g/mol. The maximum absolute atomic E-state index is 11.2. The SMILES string of the molecule is CCCCC(CC)COCC(O)COc1c(COC)cc(C(C)(c2ccc(C(C)(C)c3cc(COC)c(OCC(O)COC(CC)CCCC)c(COC)c3)cc2)c2cc(COC)c(OCC(O)COC(CC)CCCC)c(COC)c2)cc1OC. The summed E-state index contributed by atoms with van der Waals surface area (Å²) in [6.45, 7) is 21.9. The summed E-state index contributed by atoms with van der Waals surface area (Å²) >= 11 is 0. The van der Waals surface area contributed by atoms with E-state index < -0.39 is 29.1 Å². The van der Waals surface area contributed by atoms with E-state index in [1.807, 2.05) is 6.07 Å². The number of benzene rings is 4. The van der Waals surface area contributed by atoms with Gasteiger partial charge in [-0.05, 0) is 109 Å². The largest absolute Gasteiger partial charge is 0.493 e. The normalized spacial score (nSPS) is 14.8. The van der Waals surface area contributed by atoms with Crippen LogP contribution in [0.1, 0.15) is 195 Å². The van der Waals surface area contributed by atoms with Gasteiger partial charge in [0.25, 0.3) is 0 Å². The number of rotatable bonds is 47. The predicted octanol–water partition coefficient (Wildman–Crippen LogP) is 13.5. The smallest absolute Gasteiger partial charge is 0.166 e. The Morgan fingerprint density at radius 2 is 0.767 bits per heavy atom. The minimum absolute atomic E-state index is 0.0105. The highest BCUT2D eigenvalue weighted by Crippen LogP contribution is 2.47. The molecule has 0 aliphatic rings. The van der Waals surface area contributed by atoms with Gasteiger partial charge in [0.05, 0.1) is 72.2 Å². The first kappa shape index (κ1) is 74.1. The molecule has 4 aromatic carbocycles. The van der Waals surface area contributed by atoms with Crippen LogP contribution in [0.2, 0.25) is 0 Å². The molecule has 86 heavy (non-hydrogen) atoms. The van der Waals surface area contributed by atoms with E-state index in [-0.39, 0.29) is 84.9 Å². The Morgan fingerprint density at radius 3 is 1.16 bits per heavy atom. The first-order valence-corrected chi connectivity index (χ1v) is 31.8. The molecule has 3 N–H and O–H groups in total. The van der Waals surface area contributed by atoms with Crippen LogP contribution in [0, 0.1) is 5.92 Å². The number of methoxy groups -OCH3 is 6. The van der Waals surface area contributed by atoms with E-state index in [0.717, 1.165) is 133 Å². The number of unbranched alkanes of at least 4 members (excludes halogenated alkanes) is 3. The zero-order valence-electron chi connectivity index (χ0n) is 55.4. The van der Waals surface area contributed by atoms with Crippen molar-refractivity contribution in [3.05, 3.63) is 116 Å². The van der Waals surface area contributed by atoms with Crippen LogP contribution < -0.4 is 18.9 Å². The fourth-order valence-corrected chi connectivity index (χ4v) is 11.1. The summed E-state index contributed by atoms with van der Waals surface area (Å²) in [7, 11) is 9.91. The lowest BCUT2D eigenvalue weighted by Crippen LogP contribution is -2.29. The molecule has 0 aliphatic carbocycles. The lowest BCUT2D eigenvalue weighted by Gasteiger charge is -2.35. The molecule has 0 fully saturated rings. The molecule has 0 saturated carbocycles. The van der Waals surface area contributed by atoms with Gasteiger partial charge in [0.2, 0.25) is 0 Å². The van der Waals surface area contributed by atoms with Crippen molar-refractivity contribution in [3.63, 3.8) is 0 Å². The first-order valence-electron chi connectivity index (χ1n) is 31.8. The van der Waals surface area contributed by atoms with Crippen LogP contribution in [0.4, 0.5) is 0 Å². The van der Waals surface area contributed by atoms with Gasteiger partial charge in [0.15, 0.2) is 11.5 Å². The third-order valence-electron chi connectivity index (χ3n) is 16.6. The van der Waals surface area contributed by atoms with Crippen LogP contribution >= 0.6 is 0 Å². The molecule has 15 heteroatoms. The van der Waals surface area contributed by atoms with Crippen LogP contribution in [0.3, 0.4) is 0 Å². The van der Waals surface area contributed by atoms with Gasteiger partial charge in [-0.15, -0.1) is 0 Å². The Bertz CT molecular complexity index is 2440. The summed E-state index contributed by atoms with van der Waals surface area (Å²) in [6.07, 6.45) is 10.0. The topological polar surface area (TPSA) is 171 Å². The molecule has 0 saturated heterocycles. The molecule has 0 radical (unpaired) electrons.